The van der Waals surface area contributed by atoms with E-state index in [2.05, 4.69) is 11.6 Å². The van der Waals surface area contributed by atoms with Gasteiger partial charge in [-0.1, -0.05) is 0 Å². The van der Waals surface area contributed by atoms with E-state index in [1.54, 1.807) is 0 Å². The van der Waals surface area contributed by atoms with Crippen molar-refractivity contribution in [1.29, 1.82) is 0 Å². The fourth-order valence-electron chi connectivity index (χ4n) is 0.186. The molecule has 0 N–H and O–H groups in total. The van der Waals surface area contributed by atoms with Crippen molar-refractivity contribution in [3.8, 4) is 0 Å². The fourth-order valence-corrected chi connectivity index (χ4v) is 0.186. The Morgan fingerprint density at radius 2 is 1.00 bits per heavy atom. The van der Waals surface area contributed by atoms with E-state index in [0.29, 0.717) is 0 Å². The van der Waals surface area contributed by atoms with Crippen molar-refractivity contribution in [2.24, 2.45) is 0 Å². The zero-order valence-electron chi connectivity index (χ0n) is 4.22. The van der Waals surface area contributed by atoms with Crippen molar-refractivity contribution in [1.82, 2.24) is 0 Å². The molecule has 0 bridgehead atoms. The molecule has 62 valence electrons. The van der Waals surface area contributed by atoms with Crippen molar-refractivity contribution < 1.29 is 26.3 Å². The predicted octanol–water partition coefficient (Wildman–Crippen LogP) is 2.72. The molecule has 0 fully saturated rings. The van der Waals surface area contributed by atoms with E-state index >= 15 is 0 Å². The Kier molecular flexibility index (Phi) is 2.45. The van der Waals surface area contributed by atoms with Gasteiger partial charge >= 0.3 is 12.4 Å². The lowest BCUT2D eigenvalue weighted by atomic mass is 10.4. The molecule has 0 saturated heterocycles. The van der Waals surface area contributed by atoms with Crippen molar-refractivity contribution >= 4 is 11.6 Å². The van der Waals surface area contributed by atoms with Gasteiger partial charge in [0.25, 0.3) is 0 Å². The summed E-state index contributed by atoms with van der Waals surface area (Å²) in [5.74, 6) is 0. The smallest absolute Gasteiger partial charge is 0.169 e. The zero-order valence-corrected chi connectivity index (χ0v) is 4.98. The summed E-state index contributed by atoms with van der Waals surface area (Å²) < 4.78 is 66.6. The van der Waals surface area contributed by atoms with Crippen molar-refractivity contribution in [3.63, 3.8) is 0 Å². The van der Waals surface area contributed by atoms with Crippen LogP contribution in [0.25, 0.3) is 0 Å². The molecule has 0 rings (SSSR count). The van der Waals surface area contributed by atoms with Gasteiger partial charge in [0.15, 0.2) is 0 Å². The van der Waals surface area contributed by atoms with Crippen molar-refractivity contribution in [3.05, 3.63) is 0 Å². The van der Waals surface area contributed by atoms with E-state index in [4.69, 9.17) is 0 Å². The second-order valence-electron chi connectivity index (χ2n) is 1.45. The molecule has 0 aromatic rings. The molecule has 0 nitrogen and oxygen atoms in total. The number of hydrogen-bond donors (Lipinski definition) is 0. The Morgan fingerprint density at radius 3 is 1.00 bits per heavy atom. The minimum Gasteiger partial charge on any atom is -0.169 e. The van der Waals surface area contributed by atoms with Gasteiger partial charge in [0.1, 0.15) is 0 Å². The van der Waals surface area contributed by atoms with E-state index in [9.17, 15) is 26.3 Å². The topological polar surface area (TPSA) is 0 Å². The van der Waals surface area contributed by atoms with Gasteiger partial charge in [-0.05, 0) is 0 Å². The first-order valence-corrected chi connectivity index (χ1v) is 2.37. The van der Waals surface area contributed by atoms with Crippen LogP contribution in [0.1, 0.15) is 0 Å². The van der Waals surface area contributed by atoms with E-state index in [1.807, 2.05) is 0 Å². The SMILES string of the molecule is FC(F)(F)C(Cl)C(F)(F)F. The fraction of sp³-hybridized carbons (Fsp3) is 1.00. The normalized spacial score (nSPS) is 14.4. The Balaban J connectivity index is 4.23. The predicted molar refractivity (Wildman–Crippen MR) is 21.8 cm³/mol. The molecular weight excluding hydrogens is 185 g/mol. The minimum absolute atomic E-state index is 3.76. The van der Waals surface area contributed by atoms with Gasteiger partial charge in [0, 0.05) is 0 Å². The summed E-state index contributed by atoms with van der Waals surface area (Å²) in [6.07, 6.45) is -10.8. The summed E-state index contributed by atoms with van der Waals surface area (Å²) >= 11 is 3.98. The molecule has 0 aromatic heterocycles. The first-order valence-electron chi connectivity index (χ1n) is 1.93. The zero-order chi connectivity index (χ0) is 8.58. The molecule has 10 heavy (non-hydrogen) atoms. The van der Waals surface area contributed by atoms with Crippen LogP contribution in [0.3, 0.4) is 0 Å². The summed E-state index contributed by atoms with van der Waals surface area (Å²) in [4.78, 5) is 0. The number of halogens is 7. The highest BCUT2D eigenvalue weighted by Crippen LogP contribution is 2.37. The first-order chi connectivity index (χ1) is 4.15. The van der Waals surface area contributed by atoms with Gasteiger partial charge in [0.2, 0.25) is 5.38 Å². The maximum Gasteiger partial charge on any atom is 0.413 e. The largest absolute Gasteiger partial charge is 0.413 e. The van der Waals surface area contributed by atoms with Gasteiger partial charge in [-0.2, -0.15) is 26.3 Å². The maximum absolute atomic E-state index is 11.1. The van der Waals surface area contributed by atoms with E-state index in [0.717, 1.165) is 0 Å². The lowest BCUT2D eigenvalue weighted by Gasteiger charge is -2.15. The Hall–Kier alpha value is -0.130. The molecule has 0 spiro atoms. The molecule has 0 aromatic carbocycles. The molecule has 0 heterocycles. The van der Waals surface area contributed by atoms with Crippen LogP contribution >= 0.6 is 11.6 Å². The van der Waals surface area contributed by atoms with E-state index < -0.39 is 17.7 Å². The van der Waals surface area contributed by atoms with Gasteiger partial charge in [-0.15, -0.1) is 11.6 Å². The molecule has 0 aliphatic carbocycles. The van der Waals surface area contributed by atoms with Crippen LogP contribution < -0.4 is 0 Å². The lowest BCUT2D eigenvalue weighted by Crippen LogP contribution is -2.37. The number of rotatable bonds is 0. The van der Waals surface area contributed by atoms with Crippen molar-refractivity contribution in [2.45, 2.75) is 17.7 Å². The monoisotopic (exact) mass is 186 g/mol. The minimum atomic E-state index is -5.42. The van der Waals surface area contributed by atoms with Gasteiger partial charge < -0.3 is 0 Å². The Morgan fingerprint density at radius 1 is 0.800 bits per heavy atom. The van der Waals surface area contributed by atoms with Crippen LogP contribution in [0.5, 0.6) is 0 Å². The average molecular weight is 186 g/mol. The molecule has 0 atom stereocenters. The van der Waals surface area contributed by atoms with Crippen LogP contribution in [0.2, 0.25) is 0 Å². The second kappa shape index (κ2) is 2.48. The highest BCUT2D eigenvalue weighted by molar-refractivity contribution is 6.21. The van der Waals surface area contributed by atoms with Crippen LogP contribution in [-0.4, -0.2) is 17.7 Å². The molecule has 0 unspecified atom stereocenters. The first kappa shape index (κ1) is 9.87. The van der Waals surface area contributed by atoms with Crippen LogP contribution in [0.15, 0.2) is 0 Å². The maximum atomic E-state index is 11.1. The highest BCUT2D eigenvalue weighted by atomic mass is 35.5. The Bertz CT molecular complexity index is 97.1. The van der Waals surface area contributed by atoms with Crippen molar-refractivity contribution in [2.75, 3.05) is 0 Å². The van der Waals surface area contributed by atoms with Crippen LogP contribution in [-0.2, 0) is 0 Å². The summed E-state index contributed by atoms with van der Waals surface area (Å²) in [7, 11) is 0. The highest BCUT2D eigenvalue weighted by Gasteiger charge is 2.55. The second-order valence-corrected chi connectivity index (χ2v) is 1.88. The van der Waals surface area contributed by atoms with Gasteiger partial charge in [0.05, 0.1) is 0 Å². The molecule has 0 aliphatic heterocycles. The summed E-state index contributed by atoms with van der Waals surface area (Å²) in [5.41, 5.74) is 0. The summed E-state index contributed by atoms with van der Waals surface area (Å²) in [6.45, 7) is 0. The van der Waals surface area contributed by atoms with Crippen LogP contribution in [0.4, 0.5) is 26.3 Å². The molecule has 0 amide bonds. The summed E-state index contributed by atoms with van der Waals surface area (Å²) in [6, 6.07) is 0. The third-order valence-electron chi connectivity index (χ3n) is 0.575. The van der Waals surface area contributed by atoms with Gasteiger partial charge in [-0.3, -0.25) is 0 Å². The third kappa shape index (κ3) is 2.64. The average Bonchev–Trinajstić information content (AvgIpc) is 1.59. The van der Waals surface area contributed by atoms with E-state index in [1.165, 1.54) is 0 Å². The Labute approximate surface area is 56.8 Å². The van der Waals surface area contributed by atoms with Gasteiger partial charge in [-0.25, -0.2) is 0 Å². The number of alkyl halides is 7. The molecule has 7 heteroatoms. The quantitative estimate of drug-likeness (QED) is 0.403. The summed E-state index contributed by atoms with van der Waals surface area (Å²) in [5, 5.41) is -3.76. The molecule has 0 radical (unpaired) electrons. The molecular formula is C3HClF6. The van der Waals surface area contributed by atoms with Crippen LogP contribution in [0, 0.1) is 0 Å². The third-order valence-corrected chi connectivity index (χ3v) is 1.07. The number of hydrogen-bond acceptors (Lipinski definition) is 0. The van der Waals surface area contributed by atoms with E-state index in [-0.39, 0.29) is 0 Å². The standard InChI is InChI=1S/C3HClF6/c4-1(2(5,6)7)3(8,9)10/h1H. The molecule has 0 saturated carbocycles. The lowest BCUT2D eigenvalue weighted by molar-refractivity contribution is -0.226. The molecule has 0 aliphatic rings.